The Hall–Kier alpha value is 0.993. The first-order valence-electron chi connectivity index (χ1n) is 5.62. The molecular weight excluding hydrogens is 243 g/mol. The molecule has 1 fully saturated rings. The Labute approximate surface area is 141 Å². The molecule has 1 aromatic rings. The van der Waals surface area contributed by atoms with Crippen LogP contribution in [-0.4, -0.2) is 20.8 Å². The van der Waals surface area contributed by atoms with Crippen molar-refractivity contribution >= 4 is 14.0 Å². The predicted molar refractivity (Wildman–Crippen MR) is 61.6 cm³/mol. The van der Waals surface area contributed by atoms with E-state index in [0.29, 0.717) is 13.0 Å². The van der Waals surface area contributed by atoms with E-state index in [9.17, 15) is 5.11 Å². The molecule has 0 N–H and O–H groups in total. The molecule has 4 heteroatoms. The second-order valence-electron chi connectivity index (χ2n) is 4.25. The van der Waals surface area contributed by atoms with Crippen LogP contribution >= 0.6 is 0 Å². The Morgan fingerprint density at radius 2 is 1.94 bits per heavy atom. The van der Waals surface area contributed by atoms with E-state index >= 15 is 0 Å². The zero-order valence-corrected chi connectivity index (χ0v) is 14.4. The van der Waals surface area contributed by atoms with Gasteiger partial charge in [-0.1, -0.05) is 48.5 Å². The van der Waals surface area contributed by atoms with Crippen LogP contribution < -0.4 is 61.7 Å². The summed E-state index contributed by atoms with van der Waals surface area (Å²) in [5.41, 5.74) is -1.07. The van der Waals surface area contributed by atoms with Gasteiger partial charge in [0, 0.05) is 6.61 Å². The first-order chi connectivity index (χ1) is 7.22. The van der Waals surface area contributed by atoms with Gasteiger partial charge in [0.05, 0.1) is 8.80 Å². The van der Waals surface area contributed by atoms with Gasteiger partial charge in [-0.2, -0.15) is 0 Å². The van der Waals surface area contributed by atoms with Crippen molar-refractivity contribution in [3.05, 3.63) is 30.3 Å². The zero-order chi connectivity index (χ0) is 10.7. The van der Waals surface area contributed by atoms with Crippen LogP contribution in [0.25, 0.3) is 0 Å². The fourth-order valence-corrected chi connectivity index (χ4v) is 4.44. The molecule has 2 unspecified atom stereocenters. The van der Waals surface area contributed by atoms with Crippen LogP contribution in [0.5, 0.6) is 0 Å². The third-order valence-corrected chi connectivity index (χ3v) is 6.38. The van der Waals surface area contributed by atoms with Crippen molar-refractivity contribution in [3.8, 4) is 0 Å². The molecule has 2 rings (SSSR count). The Morgan fingerprint density at radius 1 is 1.25 bits per heavy atom. The molecule has 1 aliphatic rings. The molecule has 0 saturated carbocycles. The molecule has 2 nitrogen and oxygen atoms in total. The fourth-order valence-electron chi connectivity index (χ4n) is 2.13. The molecule has 1 heterocycles. The number of rotatable bonds is 2. The van der Waals surface area contributed by atoms with Gasteiger partial charge in [-0.15, -0.1) is 0 Å². The Morgan fingerprint density at radius 3 is 2.50 bits per heavy atom. The van der Waals surface area contributed by atoms with Crippen molar-refractivity contribution in [2.45, 2.75) is 31.2 Å². The molecule has 0 amide bonds. The topological polar surface area (TPSA) is 32.3 Å². The first-order valence-corrected chi connectivity index (χ1v) is 7.93. The van der Waals surface area contributed by atoms with Gasteiger partial charge in [0.1, 0.15) is 0 Å². The summed E-state index contributed by atoms with van der Waals surface area (Å²) < 4.78 is 5.49. The summed E-state index contributed by atoms with van der Waals surface area (Å²) in [6.07, 6.45) is 2.75. The third-order valence-electron chi connectivity index (χ3n) is 3.23. The summed E-state index contributed by atoms with van der Waals surface area (Å²) in [6.45, 7) is 2.75. The molecule has 0 radical (unpaired) electrons. The molecule has 1 saturated heterocycles. The molecule has 16 heavy (non-hydrogen) atoms. The van der Waals surface area contributed by atoms with Crippen molar-refractivity contribution in [1.29, 1.82) is 0 Å². The van der Waals surface area contributed by atoms with Gasteiger partial charge in [0.25, 0.3) is 0 Å². The Bertz CT molecular complexity index is 312. The monoisotopic (exact) mass is 260 g/mol. The van der Waals surface area contributed by atoms with Gasteiger partial charge in [0.2, 0.25) is 0 Å². The summed E-state index contributed by atoms with van der Waals surface area (Å²) in [4.78, 5) is 0. The predicted octanol–water partition coefficient (Wildman–Crippen LogP) is -2.45. The fraction of sp³-hybridized carbons (Fsp3) is 0.500. The SMILES string of the molecule is C[SiH](c1ccccc1)C1([O-])CCCCO1.[K+]. The number of hydrogen-bond acceptors (Lipinski definition) is 2. The maximum Gasteiger partial charge on any atom is 1.00 e. The van der Waals surface area contributed by atoms with Gasteiger partial charge in [-0.3, -0.25) is 0 Å². The number of ether oxygens (including phenoxy) is 1. The minimum atomic E-state index is -1.53. The largest absolute Gasteiger partial charge is 1.00 e. The van der Waals surface area contributed by atoms with E-state index in [1.165, 1.54) is 5.19 Å². The smallest absolute Gasteiger partial charge is 0.831 e. The quantitative estimate of drug-likeness (QED) is 0.553. The summed E-state index contributed by atoms with van der Waals surface area (Å²) in [5.74, 6) is 0. The normalized spacial score (nSPS) is 26.9. The maximum absolute atomic E-state index is 12.5. The van der Waals surface area contributed by atoms with Crippen LogP contribution in [0.3, 0.4) is 0 Å². The molecule has 1 aliphatic heterocycles. The first kappa shape index (κ1) is 15.1. The van der Waals surface area contributed by atoms with E-state index in [4.69, 9.17) is 4.74 Å². The van der Waals surface area contributed by atoms with Crippen LogP contribution in [0.4, 0.5) is 0 Å². The number of hydrogen-bond donors (Lipinski definition) is 0. The molecule has 1 aromatic carbocycles. The van der Waals surface area contributed by atoms with Crippen LogP contribution in [0.2, 0.25) is 6.55 Å². The van der Waals surface area contributed by atoms with Crippen LogP contribution in [-0.2, 0) is 4.74 Å². The van der Waals surface area contributed by atoms with Crippen LogP contribution in [0, 0.1) is 0 Å². The van der Waals surface area contributed by atoms with E-state index in [-0.39, 0.29) is 51.4 Å². The number of benzene rings is 1. The molecule has 2 atom stereocenters. The second-order valence-corrected chi connectivity index (χ2v) is 7.24. The standard InChI is InChI=1S/C12H17O2Si.K/c1-15(11-7-3-2-4-8-11)12(13)9-5-6-10-14-12;/h2-4,7-8,15H,5-6,9-10H2,1H3;/q-1;+1. The van der Waals surface area contributed by atoms with E-state index in [1.54, 1.807) is 0 Å². The molecule has 82 valence electrons. The van der Waals surface area contributed by atoms with Crippen molar-refractivity contribution < 1.29 is 61.2 Å². The van der Waals surface area contributed by atoms with Gasteiger partial charge in [-0.05, 0) is 18.3 Å². The molecular formula is C12H17KO2Si. The van der Waals surface area contributed by atoms with E-state index < -0.39 is 14.2 Å². The third kappa shape index (κ3) is 3.49. The second kappa shape index (κ2) is 6.80. The summed E-state index contributed by atoms with van der Waals surface area (Å²) in [7, 11) is -1.53. The van der Waals surface area contributed by atoms with E-state index in [0.717, 1.165) is 12.8 Å². The Balaban J connectivity index is 0.00000128. The molecule has 0 aromatic heterocycles. The van der Waals surface area contributed by atoms with Crippen molar-refractivity contribution in [2.75, 3.05) is 6.61 Å². The average molecular weight is 260 g/mol. The van der Waals surface area contributed by atoms with Crippen LogP contribution in [0.15, 0.2) is 30.3 Å². The van der Waals surface area contributed by atoms with Crippen molar-refractivity contribution in [3.63, 3.8) is 0 Å². The molecule has 0 bridgehead atoms. The van der Waals surface area contributed by atoms with Crippen molar-refractivity contribution in [1.82, 2.24) is 0 Å². The minimum absolute atomic E-state index is 0. The van der Waals surface area contributed by atoms with Crippen molar-refractivity contribution in [2.24, 2.45) is 0 Å². The average Bonchev–Trinajstić information content (AvgIpc) is 2.30. The Kier molecular flexibility index (Phi) is 6.40. The zero-order valence-electron chi connectivity index (χ0n) is 10.1. The summed E-state index contributed by atoms with van der Waals surface area (Å²) in [6, 6.07) is 10.1. The van der Waals surface area contributed by atoms with Gasteiger partial charge >= 0.3 is 51.4 Å². The molecule has 0 spiro atoms. The van der Waals surface area contributed by atoms with Crippen LogP contribution in [0.1, 0.15) is 19.3 Å². The van der Waals surface area contributed by atoms with E-state index in [2.05, 4.69) is 18.7 Å². The maximum atomic E-state index is 12.5. The van der Waals surface area contributed by atoms with Gasteiger partial charge < -0.3 is 9.84 Å². The van der Waals surface area contributed by atoms with Gasteiger partial charge in [0.15, 0.2) is 0 Å². The molecule has 0 aliphatic carbocycles. The van der Waals surface area contributed by atoms with Gasteiger partial charge in [-0.25, -0.2) is 0 Å². The summed E-state index contributed by atoms with van der Waals surface area (Å²) >= 11 is 0. The van der Waals surface area contributed by atoms with E-state index in [1.807, 2.05) is 18.2 Å². The minimum Gasteiger partial charge on any atom is -0.831 e. The summed E-state index contributed by atoms with van der Waals surface area (Å²) in [5, 5.41) is 13.7.